The van der Waals surface area contributed by atoms with E-state index in [1.54, 1.807) is 18.2 Å². The Morgan fingerprint density at radius 3 is 2.25 bits per heavy atom. The Labute approximate surface area is 96.9 Å². The molecule has 1 rings (SSSR count). The Bertz CT molecular complexity index is 455. The van der Waals surface area contributed by atoms with Crippen LogP contribution >= 0.6 is 0 Å². The lowest BCUT2D eigenvalue weighted by Crippen LogP contribution is -2.36. The minimum absolute atomic E-state index is 0.121. The second kappa shape index (κ2) is 4.84. The lowest BCUT2D eigenvalue weighted by Gasteiger charge is -2.18. The van der Waals surface area contributed by atoms with Crippen molar-refractivity contribution in [2.45, 2.75) is 31.7 Å². The van der Waals surface area contributed by atoms with Crippen LogP contribution in [0.4, 0.5) is 5.69 Å². The predicted octanol–water partition coefficient (Wildman–Crippen LogP) is 1.59. The van der Waals surface area contributed by atoms with Gasteiger partial charge in [0.15, 0.2) is 0 Å². The van der Waals surface area contributed by atoms with Gasteiger partial charge in [-0.2, -0.15) is 0 Å². The molecule has 0 bridgehead atoms. The molecular weight excluding hydrogens is 224 g/mol. The highest BCUT2D eigenvalue weighted by Crippen LogP contribution is 2.18. The number of nitrogen functional groups attached to an aromatic ring is 1. The number of benzene rings is 1. The molecule has 0 heterocycles. The molecule has 1 unspecified atom stereocenters. The van der Waals surface area contributed by atoms with Gasteiger partial charge >= 0.3 is 0 Å². The van der Waals surface area contributed by atoms with Gasteiger partial charge < -0.3 is 5.73 Å². The molecule has 4 nitrogen and oxygen atoms in total. The Morgan fingerprint density at radius 2 is 1.75 bits per heavy atom. The summed E-state index contributed by atoms with van der Waals surface area (Å²) in [6.07, 6.45) is 0. The maximum absolute atomic E-state index is 12.0. The summed E-state index contributed by atoms with van der Waals surface area (Å²) in [5.41, 5.74) is 5.91. The van der Waals surface area contributed by atoms with Crippen molar-refractivity contribution in [1.29, 1.82) is 0 Å². The number of para-hydroxylation sites is 1. The normalized spacial score (nSPS) is 14.0. The van der Waals surface area contributed by atoms with Crippen molar-refractivity contribution < 1.29 is 8.42 Å². The summed E-state index contributed by atoms with van der Waals surface area (Å²) >= 11 is 0. The summed E-state index contributed by atoms with van der Waals surface area (Å²) in [4.78, 5) is 0.141. The van der Waals surface area contributed by atoms with E-state index in [2.05, 4.69) is 4.72 Å². The average Bonchev–Trinajstić information content (AvgIpc) is 2.17. The first-order valence-electron chi connectivity index (χ1n) is 5.21. The zero-order valence-corrected chi connectivity index (χ0v) is 10.6. The predicted molar refractivity (Wildman–Crippen MR) is 65.5 cm³/mol. The lowest BCUT2D eigenvalue weighted by atomic mass is 10.1. The van der Waals surface area contributed by atoms with E-state index in [-0.39, 0.29) is 22.5 Å². The second-order valence-electron chi connectivity index (χ2n) is 4.19. The van der Waals surface area contributed by atoms with E-state index in [0.29, 0.717) is 0 Å². The van der Waals surface area contributed by atoms with Gasteiger partial charge in [-0.05, 0) is 25.0 Å². The Balaban J connectivity index is 3.00. The fourth-order valence-electron chi connectivity index (χ4n) is 1.17. The SMILES string of the molecule is CC(C)C(C)NS(=O)(=O)c1ccccc1N. The van der Waals surface area contributed by atoms with Crippen molar-refractivity contribution in [1.82, 2.24) is 4.72 Å². The van der Waals surface area contributed by atoms with E-state index in [1.807, 2.05) is 20.8 Å². The van der Waals surface area contributed by atoms with Crippen LogP contribution in [-0.2, 0) is 10.0 Å². The lowest BCUT2D eigenvalue weighted by molar-refractivity contribution is 0.476. The molecule has 0 aliphatic carbocycles. The number of nitrogens with two attached hydrogens (primary N) is 1. The third kappa shape index (κ3) is 2.96. The highest BCUT2D eigenvalue weighted by Gasteiger charge is 2.20. The molecule has 3 N–H and O–H groups in total. The summed E-state index contributed by atoms with van der Waals surface area (Å²) in [5, 5.41) is 0. The first-order chi connectivity index (χ1) is 7.34. The molecule has 16 heavy (non-hydrogen) atoms. The summed E-state index contributed by atoms with van der Waals surface area (Å²) < 4.78 is 26.6. The van der Waals surface area contributed by atoms with Crippen LogP contribution in [0.2, 0.25) is 0 Å². The van der Waals surface area contributed by atoms with Gasteiger partial charge in [-0.15, -0.1) is 0 Å². The molecule has 1 aromatic rings. The molecular formula is C11H18N2O2S. The van der Waals surface area contributed by atoms with Gasteiger partial charge in [0, 0.05) is 6.04 Å². The largest absolute Gasteiger partial charge is 0.398 e. The zero-order chi connectivity index (χ0) is 12.3. The van der Waals surface area contributed by atoms with E-state index in [9.17, 15) is 8.42 Å². The fourth-order valence-corrected chi connectivity index (χ4v) is 2.69. The molecule has 1 atom stereocenters. The first kappa shape index (κ1) is 13.0. The van der Waals surface area contributed by atoms with Gasteiger partial charge in [-0.1, -0.05) is 26.0 Å². The molecule has 90 valence electrons. The Hall–Kier alpha value is -1.07. The van der Waals surface area contributed by atoms with E-state index in [4.69, 9.17) is 5.73 Å². The molecule has 0 fully saturated rings. The van der Waals surface area contributed by atoms with Crippen molar-refractivity contribution in [2.75, 3.05) is 5.73 Å². The van der Waals surface area contributed by atoms with Gasteiger partial charge in [-0.25, -0.2) is 13.1 Å². The van der Waals surface area contributed by atoms with Crippen molar-refractivity contribution in [3.63, 3.8) is 0 Å². The van der Waals surface area contributed by atoms with Crippen molar-refractivity contribution in [2.24, 2.45) is 5.92 Å². The standard InChI is InChI=1S/C11H18N2O2S/c1-8(2)9(3)13-16(14,15)11-7-5-4-6-10(11)12/h4-9,13H,12H2,1-3H3. The molecule has 0 spiro atoms. The molecule has 0 amide bonds. The molecule has 0 aliphatic heterocycles. The van der Waals surface area contributed by atoms with Crippen molar-refractivity contribution in [3.05, 3.63) is 24.3 Å². The van der Waals surface area contributed by atoms with Gasteiger partial charge in [0.05, 0.1) is 5.69 Å². The third-order valence-corrected chi connectivity index (χ3v) is 4.18. The molecule has 0 saturated carbocycles. The van der Waals surface area contributed by atoms with Crippen LogP contribution in [0.15, 0.2) is 29.2 Å². The summed E-state index contributed by atoms with van der Waals surface area (Å²) in [5.74, 6) is 0.236. The van der Waals surface area contributed by atoms with Crippen LogP contribution in [0, 0.1) is 5.92 Å². The minimum atomic E-state index is -3.51. The van der Waals surface area contributed by atoms with E-state index < -0.39 is 10.0 Å². The molecule has 0 saturated heterocycles. The molecule has 5 heteroatoms. The number of anilines is 1. The van der Waals surface area contributed by atoms with Gasteiger partial charge in [0.2, 0.25) is 10.0 Å². The summed E-state index contributed by atoms with van der Waals surface area (Å²) in [7, 11) is -3.51. The van der Waals surface area contributed by atoms with Crippen molar-refractivity contribution in [3.8, 4) is 0 Å². The number of sulfonamides is 1. The van der Waals surface area contributed by atoms with E-state index in [0.717, 1.165) is 0 Å². The number of rotatable bonds is 4. The first-order valence-corrected chi connectivity index (χ1v) is 6.69. The quantitative estimate of drug-likeness (QED) is 0.788. The van der Waals surface area contributed by atoms with Crippen LogP contribution in [0.1, 0.15) is 20.8 Å². The number of hydrogen-bond acceptors (Lipinski definition) is 3. The molecule has 0 aromatic heterocycles. The highest BCUT2D eigenvalue weighted by atomic mass is 32.2. The average molecular weight is 242 g/mol. The van der Waals surface area contributed by atoms with E-state index >= 15 is 0 Å². The molecule has 0 aliphatic rings. The van der Waals surface area contributed by atoms with Crippen LogP contribution < -0.4 is 10.5 Å². The summed E-state index contributed by atoms with van der Waals surface area (Å²) in [6, 6.07) is 6.33. The monoisotopic (exact) mass is 242 g/mol. The zero-order valence-electron chi connectivity index (χ0n) is 9.77. The third-order valence-electron chi connectivity index (χ3n) is 2.55. The number of hydrogen-bond donors (Lipinski definition) is 2. The highest BCUT2D eigenvalue weighted by molar-refractivity contribution is 7.89. The number of nitrogens with one attached hydrogen (secondary N) is 1. The second-order valence-corrected chi connectivity index (χ2v) is 5.87. The Morgan fingerprint density at radius 1 is 1.19 bits per heavy atom. The van der Waals surface area contributed by atoms with Crippen LogP contribution in [0.5, 0.6) is 0 Å². The summed E-state index contributed by atoms with van der Waals surface area (Å²) in [6.45, 7) is 5.75. The maximum Gasteiger partial charge on any atom is 0.242 e. The van der Waals surface area contributed by atoms with Gasteiger partial charge in [-0.3, -0.25) is 0 Å². The van der Waals surface area contributed by atoms with Crippen LogP contribution in [0.25, 0.3) is 0 Å². The van der Waals surface area contributed by atoms with E-state index in [1.165, 1.54) is 6.07 Å². The van der Waals surface area contributed by atoms with Crippen LogP contribution in [0.3, 0.4) is 0 Å². The van der Waals surface area contributed by atoms with Crippen LogP contribution in [-0.4, -0.2) is 14.5 Å². The Kier molecular flexibility index (Phi) is 3.93. The van der Waals surface area contributed by atoms with Gasteiger partial charge in [0.1, 0.15) is 4.90 Å². The minimum Gasteiger partial charge on any atom is -0.398 e. The smallest absolute Gasteiger partial charge is 0.242 e. The maximum atomic E-state index is 12.0. The fraction of sp³-hybridized carbons (Fsp3) is 0.455. The molecule has 1 aromatic carbocycles. The topological polar surface area (TPSA) is 72.2 Å². The molecule has 0 radical (unpaired) electrons. The van der Waals surface area contributed by atoms with Crippen molar-refractivity contribution >= 4 is 15.7 Å². The van der Waals surface area contributed by atoms with Gasteiger partial charge in [0.25, 0.3) is 0 Å².